The van der Waals surface area contributed by atoms with Crippen LogP contribution in [0.4, 0.5) is 0 Å². The van der Waals surface area contributed by atoms with Crippen molar-refractivity contribution in [2.45, 2.75) is 11.4 Å². The van der Waals surface area contributed by atoms with Crippen molar-refractivity contribution in [3.63, 3.8) is 0 Å². The zero-order chi connectivity index (χ0) is 17.9. The molecule has 0 atom stereocenters. The van der Waals surface area contributed by atoms with Crippen molar-refractivity contribution in [2.75, 3.05) is 33.3 Å². The molecule has 2 aromatic rings. The molecule has 8 heteroatoms. The first-order valence-electron chi connectivity index (χ1n) is 7.96. The minimum atomic E-state index is -3.64. The Bertz CT molecular complexity index is 822. The maximum atomic E-state index is 12.9. The predicted octanol–water partition coefficient (Wildman–Crippen LogP) is 2.25. The normalized spacial score (nSPS) is 16.7. The molecule has 0 spiro atoms. The number of sulfonamides is 1. The van der Waals surface area contributed by atoms with Crippen molar-refractivity contribution >= 4 is 21.6 Å². The molecule has 1 aliphatic heterocycles. The lowest BCUT2D eigenvalue weighted by molar-refractivity contribution is 0.179. The average Bonchev–Trinajstić information content (AvgIpc) is 2.63. The largest absolute Gasteiger partial charge is 0.495 e. The minimum Gasteiger partial charge on any atom is -0.495 e. The van der Waals surface area contributed by atoms with Gasteiger partial charge < -0.3 is 4.74 Å². The van der Waals surface area contributed by atoms with E-state index in [1.807, 2.05) is 18.2 Å². The highest BCUT2D eigenvalue weighted by molar-refractivity contribution is 7.89. The Hall–Kier alpha value is -1.67. The van der Waals surface area contributed by atoms with Crippen LogP contribution in [0.15, 0.2) is 47.5 Å². The van der Waals surface area contributed by atoms with Crippen LogP contribution in [0.25, 0.3) is 0 Å². The number of ether oxygens (including phenoxy) is 1. The van der Waals surface area contributed by atoms with Gasteiger partial charge in [-0.3, -0.25) is 9.88 Å². The standard InChI is InChI=1S/C17H20ClN3O3S/c1-24-16-6-5-14(18)12-17(16)25(22,23)21-10-8-20(9-11-21)13-15-4-2-3-7-19-15/h2-7,12H,8-11,13H2,1H3. The molecule has 1 aliphatic rings. The van der Waals surface area contributed by atoms with Crippen LogP contribution in [0.1, 0.15) is 5.69 Å². The summed E-state index contributed by atoms with van der Waals surface area (Å²) >= 11 is 5.98. The number of piperazine rings is 1. The monoisotopic (exact) mass is 381 g/mol. The quantitative estimate of drug-likeness (QED) is 0.794. The summed E-state index contributed by atoms with van der Waals surface area (Å²) in [6.45, 7) is 2.86. The first kappa shape index (κ1) is 18.1. The lowest BCUT2D eigenvalue weighted by Gasteiger charge is -2.34. The van der Waals surface area contributed by atoms with Crippen LogP contribution in [-0.4, -0.2) is 55.9 Å². The summed E-state index contributed by atoms with van der Waals surface area (Å²) in [5.74, 6) is 0.306. The zero-order valence-electron chi connectivity index (χ0n) is 13.9. The van der Waals surface area contributed by atoms with Gasteiger partial charge in [0, 0.05) is 43.9 Å². The molecule has 1 aromatic heterocycles. The van der Waals surface area contributed by atoms with E-state index < -0.39 is 10.0 Å². The maximum absolute atomic E-state index is 12.9. The van der Waals surface area contributed by atoms with E-state index in [9.17, 15) is 8.42 Å². The number of benzene rings is 1. The third-order valence-electron chi connectivity index (χ3n) is 4.19. The fourth-order valence-corrected chi connectivity index (χ4v) is 4.68. The second kappa shape index (κ2) is 7.70. The van der Waals surface area contributed by atoms with E-state index >= 15 is 0 Å². The van der Waals surface area contributed by atoms with Crippen LogP contribution in [0.5, 0.6) is 5.75 Å². The van der Waals surface area contributed by atoms with Crippen LogP contribution in [-0.2, 0) is 16.6 Å². The van der Waals surface area contributed by atoms with Crippen molar-refractivity contribution < 1.29 is 13.2 Å². The molecule has 2 heterocycles. The van der Waals surface area contributed by atoms with E-state index in [0.29, 0.717) is 37.0 Å². The molecule has 25 heavy (non-hydrogen) atoms. The van der Waals surface area contributed by atoms with Gasteiger partial charge in [-0.25, -0.2) is 8.42 Å². The first-order chi connectivity index (χ1) is 12.0. The van der Waals surface area contributed by atoms with Gasteiger partial charge in [-0.15, -0.1) is 0 Å². The second-order valence-electron chi connectivity index (χ2n) is 5.80. The molecule has 0 aliphatic carbocycles. The Morgan fingerprint density at radius 1 is 1.16 bits per heavy atom. The van der Waals surface area contributed by atoms with Crippen LogP contribution in [0, 0.1) is 0 Å². The van der Waals surface area contributed by atoms with Gasteiger partial charge in [0.15, 0.2) is 0 Å². The molecule has 6 nitrogen and oxygen atoms in total. The third-order valence-corrected chi connectivity index (χ3v) is 6.34. The number of aromatic nitrogens is 1. The average molecular weight is 382 g/mol. The van der Waals surface area contributed by atoms with E-state index in [-0.39, 0.29) is 4.90 Å². The van der Waals surface area contributed by atoms with Gasteiger partial charge in [-0.05, 0) is 30.3 Å². The number of pyridine rings is 1. The Morgan fingerprint density at radius 3 is 2.56 bits per heavy atom. The fraction of sp³-hybridized carbons (Fsp3) is 0.353. The Morgan fingerprint density at radius 2 is 1.92 bits per heavy atom. The Kier molecular flexibility index (Phi) is 5.58. The summed E-state index contributed by atoms with van der Waals surface area (Å²) in [6.07, 6.45) is 1.77. The van der Waals surface area contributed by atoms with Crippen LogP contribution >= 0.6 is 11.6 Å². The highest BCUT2D eigenvalue weighted by Crippen LogP contribution is 2.30. The first-order valence-corrected chi connectivity index (χ1v) is 9.78. The summed E-state index contributed by atoms with van der Waals surface area (Å²) in [5, 5.41) is 0.369. The predicted molar refractivity (Wildman–Crippen MR) is 96.3 cm³/mol. The van der Waals surface area contributed by atoms with Gasteiger partial charge in [0.2, 0.25) is 10.0 Å². The highest BCUT2D eigenvalue weighted by Gasteiger charge is 2.31. The molecule has 1 aromatic carbocycles. The van der Waals surface area contributed by atoms with Gasteiger partial charge in [0.25, 0.3) is 0 Å². The number of nitrogens with zero attached hydrogens (tertiary/aromatic N) is 3. The van der Waals surface area contributed by atoms with Gasteiger partial charge in [-0.2, -0.15) is 4.31 Å². The van der Waals surface area contributed by atoms with E-state index in [1.165, 1.54) is 17.5 Å². The molecule has 1 saturated heterocycles. The van der Waals surface area contributed by atoms with Crippen LogP contribution in [0.3, 0.4) is 0 Å². The molecule has 0 radical (unpaired) electrons. The summed E-state index contributed by atoms with van der Waals surface area (Å²) in [4.78, 5) is 6.63. The van der Waals surface area contributed by atoms with Crippen molar-refractivity contribution in [3.8, 4) is 5.75 Å². The van der Waals surface area contributed by atoms with E-state index in [4.69, 9.17) is 16.3 Å². The maximum Gasteiger partial charge on any atom is 0.246 e. The van der Waals surface area contributed by atoms with Crippen molar-refractivity contribution in [3.05, 3.63) is 53.3 Å². The lowest BCUT2D eigenvalue weighted by Crippen LogP contribution is -2.48. The van der Waals surface area contributed by atoms with Crippen molar-refractivity contribution in [1.82, 2.24) is 14.2 Å². The van der Waals surface area contributed by atoms with Crippen LogP contribution < -0.4 is 4.74 Å². The van der Waals surface area contributed by atoms with E-state index in [2.05, 4.69) is 9.88 Å². The highest BCUT2D eigenvalue weighted by atomic mass is 35.5. The molecule has 1 fully saturated rings. The molecule has 0 N–H and O–H groups in total. The van der Waals surface area contributed by atoms with Crippen molar-refractivity contribution in [2.24, 2.45) is 0 Å². The van der Waals surface area contributed by atoms with Crippen molar-refractivity contribution in [1.29, 1.82) is 0 Å². The van der Waals surface area contributed by atoms with Gasteiger partial charge in [0.1, 0.15) is 10.6 Å². The topological polar surface area (TPSA) is 62.7 Å². The summed E-state index contributed by atoms with van der Waals surface area (Å²) in [7, 11) is -2.19. The Balaban J connectivity index is 1.71. The SMILES string of the molecule is COc1ccc(Cl)cc1S(=O)(=O)N1CCN(Cc2ccccn2)CC1. The number of halogens is 1. The summed E-state index contributed by atoms with van der Waals surface area (Å²) in [5.41, 5.74) is 0.982. The molecule has 0 saturated carbocycles. The van der Waals surface area contributed by atoms with Gasteiger partial charge >= 0.3 is 0 Å². The smallest absolute Gasteiger partial charge is 0.246 e. The molecule has 3 rings (SSSR count). The molecular formula is C17H20ClN3O3S. The second-order valence-corrected chi connectivity index (χ2v) is 8.14. The minimum absolute atomic E-state index is 0.112. The summed E-state index contributed by atoms with van der Waals surface area (Å²) < 4.78 is 32.6. The molecule has 0 unspecified atom stereocenters. The number of rotatable bonds is 5. The summed E-state index contributed by atoms with van der Waals surface area (Å²) in [6, 6.07) is 10.4. The van der Waals surface area contributed by atoms with E-state index in [1.54, 1.807) is 18.3 Å². The van der Waals surface area contributed by atoms with Crippen LogP contribution in [0.2, 0.25) is 5.02 Å². The zero-order valence-corrected chi connectivity index (χ0v) is 15.5. The van der Waals surface area contributed by atoms with Gasteiger partial charge in [0.05, 0.1) is 12.8 Å². The number of hydrogen-bond acceptors (Lipinski definition) is 5. The van der Waals surface area contributed by atoms with E-state index in [0.717, 1.165) is 12.2 Å². The Labute approximate surface area is 153 Å². The fourth-order valence-electron chi connectivity index (χ4n) is 2.84. The number of hydrogen-bond donors (Lipinski definition) is 0. The molecule has 0 amide bonds. The molecule has 134 valence electrons. The molecular weight excluding hydrogens is 362 g/mol. The number of methoxy groups -OCH3 is 1. The van der Waals surface area contributed by atoms with Gasteiger partial charge in [-0.1, -0.05) is 17.7 Å². The third kappa shape index (κ3) is 4.12. The lowest BCUT2D eigenvalue weighted by atomic mass is 10.3. The molecule has 0 bridgehead atoms.